The van der Waals surface area contributed by atoms with Crippen molar-refractivity contribution in [2.75, 3.05) is 0 Å². The van der Waals surface area contributed by atoms with Gasteiger partial charge in [0.2, 0.25) is 0 Å². The lowest BCUT2D eigenvalue weighted by atomic mass is 10.0. The summed E-state index contributed by atoms with van der Waals surface area (Å²) in [6.07, 6.45) is -1.29. The van der Waals surface area contributed by atoms with Crippen molar-refractivity contribution in [3.8, 4) is 0 Å². The third kappa shape index (κ3) is 1.85. The third-order valence-electron chi connectivity index (χ3n) is 2.74. The highest BCUT2D eigenvalue weighted by molar-refractivity contribution is 5.71. The van der Waals surface area contributed by atoms with Crippen LogP contribution in [0.3, 0.4) is 0 Å². The van der Waals surface area contributed by atoms with Crippen LogP contribution in [-0.4, -0.2) is 0 Å². The number of rotatable bonds is 1. The number of hydrogen-bond acceptors (Lipinski definition) is 2. The largest absolute Gasteiger partial charge is 0.319 e. The van der Waals surface area contributed by atoms with Crippen molar-refractivity contribution in [1.82, 2.24) is 5.43 Å². The van der Waals surface area contributed by atoms with E-state index >= 15 is 0 Å². The smallest absolute Gasteiger partial charge is 0.198 e. The molecule has 0 radical (unpaired) electrons. The predicted molar refractivity (Wildman–Crippen MR) is 54.6 cm³/mol. The van der Waals surface area contributed by atoms with Gasteiger partial charge in [-0.1, -0.05) is 0 Å². The van der Waals surface area contributed by atoms with Crippen LogP contribution in [0.4, 0.5) is 30.7 Å². The van der Waals surface area contributed by atoms with Crippen LogP contribution >= 0.6 is 0 Å². The molecule has 0 aliphatic heterocycles. The van der Waals surface area contributed by atoms with E-state index in [1.807, 2.05) is 0 Å². The number of hydrazine groups is 1. The summed E-state index contributed by atoms with van der Waals surface area (Å²) in [5.74, 6) is -9.32. The SMILES string of the molecule is NNC1=C(F)c2c(F)c(F)c(F)c(F)c2CC(F)=C1F. The van der Waals surface area contributed by atoms with E-state index in [2.05, 4.69) is 0 Å². The summed E-state index contributed by atoms with van der Waals surface area (Å²) in [4.78, 5) is 0. The Morgan fingerprint density at radius 1 is 0.750 bits per heavy atom. The van der Waals surface area contributed by atoms with Crippen molar-refractivity contribution in [1.29, 1.82) is 0 Å². The van der Waals surface area contributed by atoms with E-state index < -0.39 is 64.0 Å². The van der Waals surface area contributed by atoms with Crippen molar-refractivity contribution >= 4 is 5.83 Å². The molecule has 3 N–H and O–H groups in total. The van der Waals surface area contributed by atoms with Gasteiger partial charge in [0.1, 0.15) is 11.5 Å². The van der Waals surface area contributed by atoms with Crippen LogP contribution in [0.2, 0.25) is 0 Å². The van der Waals surface area contributed by atoms with Gasteiger partial charge >= 0.3 is 0 Å². The van der Waals surface area contributed by atoms with E-state index in [0.29, 0.717) is 0 Å². The van der Waals surface area contributed by atoms with Crippen molar-refractivity contribution in [2.45, 2.75) is 6.42 Å². The molecule has 0 aromatic heterocycles. The first kappa shape index (κ1) is 14.4. The summed E-state index contributed by atoms with van der Waals surface area (Å²) in [5, 5.41) is 0. The monoisotopic (exact) mass is 298 g/mol. The first-order chi connectivity index (χ1) is 9.31. The Balaban J connectivity index is 2.93. The maximum atomic E-state index is 13.9. The summed E-state index contributed by atoms with van der Waals surface area (Å²) in [6.45, 7) is 0. The average molecular weight is 298 g/mol. The quantitative estimate of drug-likeness (QED) is 0.275. The summed E-state index contributed by atoms with van der Waals surface area (Å²) in [7, 11) is 0. The van der Waals surface area contributed by atoms with E-state index in [0.717, 1.165) is 0 Å². The molecule has 0 fully saturated rings. The fraction of sp³-hybridized carbons (Fsp3) is 0.0909. The fourth-order valence-electron chi connectivity index (χ4n) is 1.79. The highest BCUT2D eigenvalue weighted by Gasteiger charge is 2.33. The van der Waals surface area contributed by atoms with E-state index in [9.17, 15) is 30.7 Å². The van der Waals surface area contributed by atoms with Crippen molar-refractivity contribution < 1.29 is 30.7 Å². The lowest BCUT2D eigenvalue weighted by molar-refractivity contribution is 0.400. The van der Waals surface area contributed by atoms with E-state index in [4.69, 9.17) is 5.84 Å². The number of allylic oxidation sites excluding steroid dienone is 2. The molecule has 0 heterocycles. The molecule has 0 atom stereocenters. The van der Waals surface area contributed by atoms with E-state index in [1.165, 1.54) is 5.43 Å². The number of benzene rings is 1. The molecule has 20 heavy (non-hydrogen) atoms. The van der Waals surface area contributed by atoms with Crippen molar-refractivity contribution in [2.24, 2.45) is 5.84 Å². The van der Waals surface area contributed by atoms with Gasteiger partial charge in [0.05, 0.1) is 5.56 Å². The standard InChI is InChI=1S/C11H5F7N2/c12-3-1-2-4(8(16)11(20-19)6(3)14)7(15)10(18)9(17)5(2)13/h20H,1,19H2. The van der Waals surface area contributed by atoms with Gasteiger partial charge in [-0.2, -0.15) is 0 Å². The molecular weight excluding hydrogens is 293 g/mol. The lowest BCUT2D eigenvalue weighted by Gasteiger charge is -2.10. The van der Waals surface area contributed by atoms with Gasteiger partial charge in [0.15, 0.2) is 34.9 Å². The maximum Gasteiger partial charge on any atom is 0.198 e. The van der Waals surface area contributed by atoms with Crippen molar-refractivity contribution in [3.63, 3.8) is 0 Å². The minimum Gasteiger partial charge on any atom is -0.319 e. The minimum absolute atomic E-state index is 1.18. The van der Waals surface area contributed by atoms with Crippen LogP contribution in [0.25, 0.3) is 5.83 Å². The van der Waals surface area contributed by atoms with Crippen LogP contribution in [0, 0.1) is 23.3 Å². The summed E-state index contributed by atoms with van der Waals surface area (Å²) in [5.41, 5.74) is -2.51. The third-order valence-corrected chi connectivity index (χ3v) is 2.74. The van der Waals surface area contributed by atoms with E-state index in [1.54, 1.807) is 0 Å². The zero-order valence-electron chi connectivity index (χ0n) is 9.43. The molecule has 1 aliphatic carbocycles. The number of hydrogen-bond donors (Lipinski definition) is 2. The fourth-order valence-corrected chi connectivity index (χ4v) is 1.79. The molecule has 9 heteroatoms. The molecule has 0 bridgehead atoms. The second-order valence-electron chi connectivity index (χ2n) is 3.84. The van der Waals surface area contributed by atoms with Crippen LogP contribution in [0.15, 0.2) is 17.4 Å². The van der Waals surface area contributed by atoms with Gasteiger partial charge in [-0.3, -0.25) is 5.84 Å². The minimum atomic E-state index is -2.30. The van der Waals surface area contributed by atoms with Crippen LogP contribution in [0.1, 0.15) is 11.1 Å². The molecule has 108 valence electrons. The van der Waals surface area contributed by atoms with Gasteiger partial charge in [-0.05, 0) is 0 Å². The van der Waals surface area contributed by atoms with Gasteiger partial charge in [-0.25, -0.2) is 30.7 Å². The predicted octanol–water partition coefficient (Wildman–Crippen LogP) is 3.05. The molecule has 1 aromatic carbocycles. The number of nitrogens with two attached hydrogens (primary N) is 1. The number of fused-ring (bicyclic) bond motifs is 1. The van der Waals surface area contributed by atoms with Crippen LogP contribution in [-0.2, 0) is 6.42 Å². The molecule has 0 saturated carbocycles. The second kappa shape index (κ2) is 4.82. The van der Waals surface area contributed by atoms with Gasteiger partial charge in [0, 0.05) is 12.0 Å². The Hall–Kier alpha value is -2.03. The molecule has 0 amide bonds. The number of halogens is 7. The molecule has 0 saturated heterocycles. The van der Waals surface area contributed by atoms with E-state index in [-0.39, 0.29) is 0 Å². The molecular formula is C11H5F7N2. The zero-order chi connectivity index (χ0) is 15.2. The Morgan fingerprint density at radius 3 is 1.85 bits per heavy atom. The molecule has 0 spiro atoms. The Bertz CT molecular complexity index is 663. The maximum absolute atomic E-state index is 13.9. The summed E-state index contributed by atoms with van der Waals surface area (Å²) in [6, 6.07) is 0. The van der Waals surface area contributed by atoms with Crippen LogP contribution in [0.5, 0.6) is 0 Å². The summed E-state index contributed by atoms with van der Waals surface area (Å²) < 4.78 is 93.8. The molecule has 1 aromatic rings. The Labute approximate surface area is 107 Å². The Morgan fingerprint density at radius 2 is 1.30 bits per heavy atom. The van der Waals surface area contributed by atoms with Gasteiger partial charge < -0.3 is 5.43 Å². The lowest BCUT2D eigenvalue weighted by Crippen LogP contribution is -2.22. The van der Waals surface area contributed by atoms with Gasteiger partial charge in [-0.15, -0.1) is 0 Å². The Kier molecular flexibility index (Phi) is 3.46. The second-order valence-corrected chi connectivity index (χ2v) is 3.84. The van der Waals surface area contributed by atoms with Crippen molar-refractivity contribution in [3.05, 3.63) is 51.7 Å². The van der Waals surface area contributed by atoms with Gasteiger partial charge in [0.25, 0.3) is 0 Å². The van der Waals surface area contributed by atoms with Crippen LogP contribution < -0.4 is 11.3 Å². The zero-order valence-corrected chi connectivity index (χ0v) is 9.43. The highest BCUT2D eigenvalue weighted by atomic mass is 19.2. The highest BCUT2D eigenvalue weighted by Crippen LogP contribution is 2.38. The molecule has 0 unspecified atom stereocenters. The number of nitrogens with one attached hydrogen (secondary N) is 1. The average Bonchev–Trinajstić information content (AvgIpc) is 2.51. The normalized spacial score (nSPS) is 15.4. The summed E-state index contributed by atoms with van der Waals surface area (Å²) >= 11 is 0. The molecule has 1 aliphatic rings. The molecule has 2 nitrogen and oxygen atoms in total. The first-order valence-electron chi connectivity index (χ1n) is 5.07. The molecule has 2 rings (SSSR count). The topological polar surface area (TPSA) is 38.0 Å². The first-order valence-corrected chi connectivity index (χ1v) is 5.07.